The van der Waals surface area contributed by atoms with Gasteiger partial charge in [0, 0.05) is 17.8 Å². The molecule has 0 radical (unpaired) electrons. The largest absolute Gasteiger partial charge is 0.433 e. The minimum absolute atomic E-state index is 0.0443. The molecule has 12 heteroatoms. The molecule has 0 aromatic carbocycles. The lowest BCUT2D eigenvalue weighted by atomic mass is 10.1. The summed E-state index contributed by atoms with van der Waals surface area (Å²) in [5, 5.41) is 16.7. The van der Waals surface area contributed by atoms with Crippen LogP contribution in [0.25, 0.3) is 16.9 Å². The number of pyridine rings is 2. The number of nitrogens with zero attached hydrogens (tertiary/aromatic N) is 4. The molecule has 2 N–H and O–H groups in total. The van der Waals surface area contributed by atoms with Crippen molar-refractivity contribution in [3.8, 4) is 16.9 Å². The lowest BCUT2D eigenvalue weighted by Crippen LogP contribution is -2.42. The van der Waals surface area contributed by atoms with Gasteiger partial charge in [-0.2, -0.15) is 23.0 Å². The fourth-order valence-electron chi connectivity index (χ4n) is 3.56. The molecular formula is C21H17F4N5O3. The smallest absolute Gasteiger partial charge is 0.391 e. The van der Waals surface area contributed by atoms with E-state index in [9.17, 15) is 32.3 Å². The van der Waals surface area contributed by atoms with Crippen molar-refractivity contribution in [2.24, 2.45) is 0 Å². The van der Waals surface area contributed by atoms with Gasteiger partial charge in [0.1, 0.15) is 17.1 Å². The lowest BCUT2D eigenvalue weighted by Gasteiger charge is -2.17. The second-order valence-corrected chi connectivity index (χ2v) is 7.53. The summed E-state index contributed by atoms with van der Waals surface area (Å²) < 4.78 is 53.0. The first-order valence-corrected chi connectivity index (χ1v) is 9.91. The van der Waals surface area contributed by atoms with Crippen molar-refractivity contribution in [3.63, 3.8) is 0 Å². The van der Waals surface area contributed by atoms with Crippen LogP contribution < -0.4 is 10.9 Å². The van der Waals surface area contributed by atoms with Gasteiger partial charge < -0.3 is 10.4 Å². The van der Waals surface area contributed by atoms with Crippen molar-refractivity contribution in [1.82, 2.24) is 25.1 Å². The van der Waals surface area contributed by atoms with Crippen molar-refractivity contribution < 1.29 is 27.5 Å². The van der Waals surface area contributed by atoms with Gasteiger partial charge in [0.2, 0.25) is 0 Å². The number of hydrogen-bond acceptors (Lipinski definition) is 6. The molecule has 0 bridgehead atoms. The highest BCUT2D eigenvalue weighted by molar-refractivity contribution is 5.95. The molecule has 1 aliphatic carbocycles. The molecular weight excluding hydrogens is 446 g/mol. The summed E-state index contributed by atoms with van der Waals surface area (Å²) in [6.45, 7) is 0. The summed E-state index contributed by atoms with van der Waals surface area (Å²) in [4.78, 5) is 32.9. The molecule has 1 unspecified atom stereocenters. The Morgan fingerprint density at radius 1 is 1.15 bits per heavy atom. The summed E-state index contributed by atoms with van der Waals surface area (Å²) in [6.07, 6.45) is -0.716. The van der Waals surface area contributed by atoms with E-state index >= 15 is 0 Å². The van der Waals surface area contributed by atoms with Crippen LogP contribution in [0.2, 0.25) is 0 Å². The molecule has 172 valence electrons. The Morgan fingerprint density at radius 3 is 2.55 bits per heavy atom. The van der Waals surface area contributed by atoms with Gasteiger partial charge in [0.15, 0.2) is 0 Å². The average molecular weight is 463 g/mol. The first-order valence-electron chi connectivity index (χ1n) is 9.91. The highest BCUT2D eigenvalue weighted by atomic mass is 19.4. The maximum atomic E-state index is 13.7. The van der Waals surface area contributed by atoms with Crippen LogP contribution >= 0.6 is 0 Å². The highest BCUT2D eigenvalue weighted by Gasteiger charge is 2.32. The van der Waals surface area contributed by atoms with Gasteiger partial charge in [-0.25, -0.2) is 4.39 Å². The maximum Gasteiger partial charge on any atom is 0.433 e. The van der Waals surface area contributed by atoms with E-state index in [1.807, 2.05) is 0 Å². The molecule has 0 spiro atoms. The van der Waals surface area contributed by atoms with Crippen LogP contribution in [0.1, 0.15) is 35.3 Å². The number of amides is 1. The van der Waals surface area contributed by atoms with Gasteiger partial charge in [0.25, 0.3) is 11.5 Å². The first kappa shape index (κ1) is 22.5. The minimum atomic E-state index is -4.65. The summed E-state index contributed by atoms with van der Waals surface area (Å²) in [5.41, 5.74) is -2.44. The number of aromatic nitrogens is 4. The number of aliphatic hydroxyl groups excluding tert-OH is 1. The SMILES string of the molecule is O=C(N[C@H]1CCCC1O)c1cc(-c2ccc(C(F)(F)F)nc2)nn(-c2cncc(F)c2)c1=O. The Balaban J connectivity index is 1.81. The van der Waals surface area contributed by atoms with Gasteiger partial charge in [-0.05, 0) is 37.5 Å². The van der Waals surface area contributed by atoms with Crippen LogP contribution in [0.5, 0.6) is 0 Å². The molecule has 3 heterocycles. The van der Waals surface area contributed by atoms with Gasteiger partial charge >= 0.3 is 6.18 Å². The van der Waals surface area contributed by atoms with E-state index in [4.69, 9.17) is 0 Å². The Bertz CT molecular complexity index is 1240. The van der Waals surface area contributed by atoms with E-state index in [0.29, 0.717) is 19.3 Å². The average Bonchev–Trinajstić information content (AvgIpc) is 3.17. The standard InChI is InChI=1S/C21H17F4N5O3/c22-12-6-13(10-26-9-12)30-20(33)14(19(32)28-15-2-1-3-17(15)31)7-16(29-30)11-4-5-18(27-8-11)21(23,24)25/h4-10,15,17,31H,1-3H2,(H,28,32)/t15-,17?/m0/s1. The molecule has 3 aromatic heterocycles. The van der Waals surface area contributed by atoms with Crippen LogP contribution in [-0.4, -0.2) is 42.9 Å². The number of rotatable bonds is 4. The third-order valence-electron chi connectivity index (χ3n) is 5.24. The van der Waals surface area contributed by atoms with E-state index in [1.54, 1.807) is 0 Å². The van der Waals surface area contributed by atoms with Crippen LogP contribution in [0, 0.1) is 5.82 Å². The molecule has 33 heavy (non-hydrogen) atoms. The fourth-order valence-corrected chi connectivity index (χ4v) is 3.56. The van der Waals surface area contributed by atoms with Gasteiger partial charge in [0.05, 0.1) is 35.9 Å². The Hall–Kier alpha value is -3.67. The zero-order valence-corrected chi connectivity index (χ0v) is 16.9. The van der Waals surface area contributed by atoms with Gasteiger partial charge in [-0.15, -0.1) is 0 Å². The Kier molecular flexibility index (Phi) is 5.93. The molecule has 2 atom stereocenters. The molecule has 1 saturated carbocycles. The molecule has 1 amide bonds. The van der Waals surface area contributed by atoms with Crippen LogP contribution in [0.4, 0.5) is 17.6 Å². The number of carbonyl (C=O) groups is 1. The Morgan fingerprint density at radius 2 is 1.94 bits per heavy atom. The monoisotopic (exact) mass is 463 g/mol. The summed E-state index contributed by atoms with van der Waals surface area (Å²) in [7, 11) is 0. The quantitative estimate of drug-likeness (QED) is 0.576. The fraction of sp³-hybridized carbons (Fsp3) is 0.286. The van der Waals surface area contributed by atoms with Crippen molar-refractivity contribution in [3.05, 3.63) is 70.3 Å². The first-order chi connectivity index (χ1) is 15.6. The summed E-state index contributed by atoms with van der Waals surface area (Å²) in [5.74, 6) is -1.56. The second-order valence-electron chi connectivity index (χ2n) is 7.53. The molecule has 8 nitrogen and oxygen atoms in total. The van der Waals surface area contributed by atoms with E-state index in [0.717, 1.165) is 47.5 Å². The van der Waals surface area contributed by atoms with E-state index in [-0.39, 0.29) is 22.5 Å². The number of halogens is 4. The number of aliphatic hydroxyl groups is 1. The van der Waals surface area contributed by atoms with Crippen LogP contribution in [0.15, 0.2) is 47.7 Å². The third kappa shape index (κ3) is 4.75. The molecule has 1 aliphatic rings. The summed E-state index contributed by atoms with van der Waals surface area (Å²) >= 11 is 0. The molecule has 4 rings (SSSR count). The zero-order valence-electron chi connectivity index (χ0n) is 16.9. The number of hydrogen-bond donors (Lipinski definition) is 2. The molecule has 0 aliphatic heterocycles. The van der Waals surface area contributed by atoms with Crippen molar-refractivity contribution in [2.75, 3.05) is 0 Å². The predicted molar refractivity (Wildman–Crippen MR) is 107 cm³/mol. The van der Waals surface area contributed by atoms with Gasteiger partial charge in [-0.1, -0.05) is 0 Å². The normalized spacial score (nSPS) is 18.3. The Labute approximate surface area is 183 Å². The summed E-state index contributed by atoms with van der Waals surface area (Å²) in [6, 6.07) is 3.38. The lowest BCUT2D eigenvalue weighted by molar-refractivity contribution is -0.141. The van der Waals surface area contributed by atoms with Crippen LogP contribution in [-0.2, 0) is 6.18 Å². The zero-order chi connectivity index (χ0) is 23.8. The number of alkyl halides is 3. The number of carbonyl (C=O) groups excluding carboxylic acids is 1. The topological polar surface area (TPSA) is 110 Å². The maximum absolute atomic E-state index is 13.7. The van der Waals surface area contributed by atoms with Crippen molar-refractivity contribution in [1.29, 1.82) is 0 Å². The highest BCUT2D eigenvalue weighted by Crippen LogP contribution is 2.28. The van der Waals surface area contributed by atoms with Crippen molar-refractivity contribution >= 4 is 5.91 Å². The third-order valence-corrected chi connectivity index (χ3v) is 5.24. The molecule has 0 saturated heterocycles. The van der Waals surface area contributed by atoms with Crippen molar-refractivity contribution in [2.45, 2.75) is 37.6 Å². The van der Waals surface area contributed by atoms with Crippen LogP contribution in [0.3, 0.4) is 0 Å². The van der Waals surface area contributed by atoms with Gasteiger partial charge in [-0.3, -0.25) is 19.6 Å². The number of nitrogens with one attached hydrogen (secondary N) is 1. The second kappa shape index (κ2) is 8.70. The molecule has 3 aromatic rings. The van der Waals surface area contributed by atoms with E-state index in [2.05, 4.69) is 20.4 Å². The predicted octanol–water partition coefficient (Wildman–Crippen LogP) is 2.49. The molecule has 1 fully saturated rings. The minimum Gasteiger partial charge on any atom is -0.391 e. The van der Waals surface area contributed by atoms with E-state index < -0.39 is 41.3 Å². The van der Waals surface area contributed by atoms with E-state index in [1.165, 1.54) is 0 Å².